The molecule has 0 saturated carbocycles. The van der Waals surface area contributed by atoms with Crippen molar-refractivity contribution in [2.75, 3.05) is 13.2 Å². The van der Waals surface area contributed by atoms with Crippen LogP contribution in [0.3, 0.4) is 0 Å². The molecule has 8 heteroatoms. The maximum Gasteiger partial charge on any atom is 0.422 e. The number of rotatable bonds is 7. The lowest BCUT2D eigenvalue weighted by molar-refractivity contribution is -0.237. The second-order valence-corrected chi connectivity index (χ2v) is 6.80. The predicted molar refractivity (Wildman–Crippen MR) is 111 cm³/mol. The molecule has 2 aromatic carbocycles. The summed E-state index contributed by atoms with van der Waals surface area (Å²) in [6, 6.07) is 17.5. The van der Waals surface area contributed by atoms with Gasteiger partial charge in [-0.05, 0) is 25.1 Å². The Labute approximate surface area is 177 Å². The molecule has 0 spiro atoms. The number of hydrogen-bond acceptors (Lipinski definition) is 4. The van der Waals surface area contributed by atoms with Crippen molar-refractivity contribution < 1.29 is 27.8 Å². The Bertz CT molecular complexity index is 1080. The van der Waals surface area contributed by atoms with Gasteiger partial charge in [-0.15, -0.1) is 0 Å². The molecule has 31 heavy (non-hydrogen) atoms. The molecule has 2 N–H and O–H groups in total. The van der Waals surface area contributed by atoms with E-state index in [4.69, 9.17) is 4.74 Å². The Morgan fingerprint density at radius 1 is 1.13 bits per heavy atom. The van der Waals surface area contributed by atoms with Crippen molar-refractivity contribution >= 4 is 16.8 Å². The summed E-state index contributed by atoms with van der Waals surface area (Å²) in [4.78, 5) is 17.4. The first-order valence-electron chi connectivity index (χ1n) is 9.57. The van der Waals surface area contributed by atoms with Crippen LogP contribution in [0.5, 0.6) is 0 Å². The summed E-state index contributed by atoms with van der Waals surface area (Å²) in [5, 5.41) is 12.8. The van der Waals surface area contributed by atoms with Crippen molar-refractivity contribution in [3.8, 4) is 11.3 Å². The summed E-state index contributed by atoms with van der Waals surface area (Å²) in [7, 11) is 0. The maximum absolute atomic E-state index is 13.4. The molecule has 1 amide bonds. The maximum atomic E-state index is 13.4. The number of halogens is 3. The number of ether oxygens (including phenoxy) is 1. The molecule has 5 nitrogen and oxygen atoms in total. The molecule has 0 radical (unpaired) electrons. The molecule has 0 saturated heterocycles. The van der Waals surface area contributed by atoms with E-state index in [1.165, 1.54) is 6.07 Å². The fraction of sp³-hybridized carbons (Fsp3) is 0.217. The number of carbonyl (C=O) groups is 1. The highest BCUT2D eigenvalue weighted by Gasteiger charge is 2.52. The van der Waals surface area contributed by atoms with Gasteiger partial charge in [-0.3, -0.25) is 4.79 Å². The fourth-order valence-corrected chi connectivity index (χ4v) is 2.94. The highest BCUT2D eigenvalue weighted by molar-refractivity contribution is 6.07. The van der Waals surface area contributed by atoms with Crippen molar-refractivity contribution in [1.29, 1.82) is 0 Å². The van der Waals surface area contributed by atoms with Gasteiger partial charge in [-0.2, -0.15) is 13.2 Å². The van der Waals surface area contributed by atoms with Gasteiger partial charge in [-0.1, -0.05) is 48.5 Å². The number of pyridine rings is 1. The second kappa shape index (κ2) is 9.18. The number of nitrogens with zero attached hydrogens (tertiary/aromatic N) is 1. The number of alkyl halides is 3. The van der Waals surface area contributed by atoms with Gasteiger partial charge in [0.25, 0.3) is 5.91 Å². The minimum absolute atomic E-state index is 0.141. The second-order valence-electron chi connectivity index (χ2n) is 6.80. The molecule has 0 bridgehead atoms. The normalized spacial score (nSPS) is 13.8. The van der Waals surface area contributed by atoms with Crippen molar-refractivity contribution in [2.45, 2.75) is 18.7 Å². The standard InChI is InChI=1S/C23H21F3N2O3/c1-2-31-13-12-22(30,23(24,25)26)15-27-21(29)18-14-20(16-8-4-3-5-9-16)28-19-11-7-6-10-17(18)19/h3-14,30H,2,15H2,1H3,(H,27,29)/b13-12+/t22-/m0/s1. The molecule has 1 atom stereocenters. The van der Waals surface area contributed by atoms with Gasteiger partial charge >= 0.3 is 6.18 Å². The van der Waals surface area contributed by atoms with Crippen molar-refractivity contribution in [3.63, 3.8) is 0 Å². The Morgan fingerprint density at radius 3 is 2.48 bits per heavy atom. The van der Waals surface area contributed by atoms with E-state index in [1.807, 2.05) is 30.3 Å². The van der Waals surface area contributed by atoms with E-state index in [1.54, 1.807) is 31.2 Å². The first kappa shape index (κ1) is 22.3. The molecule has 162 valence electrons. The van der Waals surface area contributed by atoms with Crippen LogP contribution in [0.25, 0.3) is 22.2 Å². The number of hydrogen-bond donors (Lipinski definition) is 2. The molecule has 0 fully saturated rings. The van der Waals surface area contributed by atoms with E-state index < -0.39 is 24.2 Å². The zero-order valence-corrected chi connectivity index (χ0v) is 16.7. The number of nitrogens with one attached hydrogen (secondary N) is 1. The molecule has 3 aromatic rings. The molecule has 1 aromatic heterocycles. The topological polar surface area (TPSA) is 71.5 Å². The summed E-state index contributed by atoms with van der Waals surface area (Å²) in [5.41, 5.74) is -1.33. The number of fused-ring (bicyclic) bond motifs is 1. The lowest BCUT2D eigenvalue weighted by atomic mass is 10.0. The third-order valence-corrected chi connectivity index (χ3v) is 4.65. The van der Waals surface area contributed by atoms with Gasteiger partial charge in [0.2, 0.25) is 0 Å². The average molecular weight is 430 g/mol. The van der Waals surface area contributed by atoms with E-state index >= 15 is 0 Å². The smallest absolute Gasteiger partial charge is 0.422 e. The first-order valence-corrected chi connectivity index (χ1v) is 9.57. The molecule has 3 rings (SSSR count). The SMILES string of the molecule is CCO/C=C/[C@](O)(CNC(=O)c1cc(-c2ccccc2)nc2ccccc12)C(F)(F)F. The molecule has 0 aliphatic carbocycles. The van der Waals surface area contributed by atoms with Crippen LogP contribution >= 0.6 is 0 Å². The average Bonchev–Trinajstić information content (AvgIpc) is 2.76. The number of amides is 1. The molecule has 0 unspecified atom stereocenters. The van der Waals surface area contributed by atoms with Crippen LogP contribution in [0.4, 0.5) is 13.2 Å². The summed E-state index contributed by atoms with van der Waals surface area (Å²) < 4.78 is 45.0. The van der Waals surface area contributed by atoms with E-state index in [2.05, 4.69) is 10.3 Å². The van der Waals surface area contributed by atoms with E-state index in [-0.39, 0.29) is 12.2 Å². The van der Waals surface area contributed by atoms with Gasteiger partial charge in [0.05, 0.1) is 36.2 Å². The highest BCUT2D eigenvalue weighted by atomic mass is 19.4. The molecule has 0 aliphatic heterocycles. The molecule has 1 heterocycles. The van der Waals surface area contributed by atoms with Crippen molar-refractivity contribution in [2.24, 2.45) is 0 Å². The Balaban J connectivity index is 1.94. The lowest BCUT2D eigenvalue weighted by Crippen LogP contribution is -2.52. The summed E-state index contributed by atoms with van der Waals surface area (Å²) >= 11 is 0. The summed E-state index contributed by atoms with van der Waals surface area (Å²) in [6.45, 7) is 0.663. The number of aliphatic hydroxyl groups is 1. The minimum atomic E-state index is -5.01. The summed E-state index contributed by atoms with van der Waals surface area (Å²) in [6.07, 6.45) is -3.75. The zero-order valence-electron chi connectivity index (χ0n) is 16.7. The van der Waals surface area contributed by atoms with Gasteiger partial charge in [0.1, 0.15) is 0 Å². The van der Waals surface area contributed by atoms with Gasteiger partial charge in [0, 0.05) is 10.9 Å². The number of aromatic nitrogens is 1. The van der Waals surface area contributed by atoms with Crippen LogP contribution in [-0.2, 0) is 4.74 Å². The van der Waals surface area contributed by atoms with E-state index in [0.717, 1.165) is 11.8 Å². The predicted octanol–water partition coefficient (Wildman–Crippen LogP) is 4.48. The number of carbonyl (C=O) groups excluding carboxylic acids is 1. The first-order chi connectivity index (χ1) is 14.7. The Hall–Kier alpha value is -3.39. The quantitative estimate of drug-likeness (QED) is 0.543. The third kappa shape index (κ3) is 5.03. The Morgan fingerprint density at radius 2 is 1.81 bits per heavy atom. The number of benzene rings is 2. The van der Waals surface area contributed by atoms with Gasteiger partial charge < -0.3 is 15.2 Å². The van der Waals surface area contributed by atoms with Crippen LogP contribution < -0.4 is 5.32 Å². The van der Waals surface area contributed by atoms with Gasteiger partial charge in [-0.25, -0.2) is 4.98 Å². The van der Waals surface area contributed by atoms with E-state index in [9.17, 15) is 23.1 Å². The van der Waals surface area contributed by atoms with Crippen LogP contribution in [-0.4, -0.2) is 40.9 Å². The third-order valence-electron chi connectivity index (χ3n) is 4.65. The number of para-hydroxylation sites is 1. The van der Waals surface area contributed by atoms with Gasteiger partial charge in [0.15, 0.2) is 5.60 Å². The molecule has 0 aliphatic rings. The summed E-state index contributed by atoms with van der Waals surface area (Å²) in [5.74, 6) is -0.761. The highest BCUT2D eigenvalue weighted by Crippen LogP contribution is 2.31. The fourth-order valence-electron chi connectivity index (χ4n) is 2.94. The zero-order chi connectivity index (χ0) is 22.5. The lowest BCUT2D eigenvalue weighted by Gasteiger charge is -2.27. The van der Waals surface area contributed by atoms with Crippen LogP contribution in [0.15, 0.2) is 73.0 Å². The minimum Gasteiger partial charge on any atom is -0.502 e. The Kier molecular flexibility index (Phi) is 6.60. The molecular formula is C23H21F3N2O3. The van der Waals surface area contributed by atoms with Crippen LogP contribution in [0, 0.1) is 0 Å². The van der Waals surface area contributed by atoms with Crippen molar-refractivity contribution in [3.05, 3.63) is 78.6 Å². The molecular weight excluding hydrogens is 409 g/mol. The van der Waals surface area contributed by atoms with Crippen LogP contribution in [0.2, 0.25) is 0 Å². The van der Waals surface area contributed by atoms with Crippen LogP contribution in [0.1, 0.15) is 17.3 Å². The van der Waals surface area contributed by atoms with Crippen molar-refractivity contribution in [1.82, 2.24) is 10.3 Å². The largest absolute Gasteiger partial charge is 0.502 e. The van der Waals surface area contributed by atoms with E-state index in [0.29, 0.717) is 22.7 Å². The monoisotopic (exact) mass is 430 g/mol.